The number of aliphatic carboxylic acids is 1. The van der Waals surface area contributed by atoms with Gasteiger partial charge in [0.1, 0.15) is 12.8 Å². The van der Waals surface area contributed by atoms with E-state index in [0.29, 0.717) is 12.7 Å². The van der Waals surface area contributed by atoms with Crippen molar-refractivity contribution in [2.75, 3.05) is 278 Å². The summed E-state index contributed by atoms with van der Waals surface area (Å²) < 4.78 is 0. The minimum Gasteiger partial charge on any atom is -0.480 e. The first-order valence-electron chi connectivity index (χ1n) is 33.7. The van der Waals surface area contributed by atoms with Crippen molar-refractivity contribution in [1.82, 2.24) is 98.0 Å². The zero-order valence-corrected chi connectivity index (χ0v) is 66.4. The van der Waals surface area contributed by atoms with Crippen molar-refractivity contribution in [2.24, 2.45) is 5.90 Å². The fourth-order valence-corrected chi connectivity index (χ4v) is 8.96. The molecule has 0 fully saturated rings. The molecule has 1 unspecified atom stereocenters. The van der Waals surface area contributed by atoms with Crippen molar-refractivity contribution in [1.29, 1.82) is 0 Å². The molecule has 44 heteroatoms. The number of rotatable bonds is 46. The minimum absolute atomic E-state index is 0.0640. The van der Waals surface area contributed by atoms with Crippen molar-refractivity contribution in [2.45, 2.75) is 18.9 Å². The third kappa shape index (κ3) is 35.9. The Morgan fingerprint density at radius 2 is 0.413 bits per heavy atom. The Hall–Kier alpha value is -11.0. The number of carbonyl (C=O) groups is 21. The lowest BCUT2D eigenvalue weighted by molar-refractivity contribution is -0.147. The Bertz CT molecular complexity index is 3310. The quantitative estimate of drug-likeness (QED) is 0.0325. The number of amides is 19. The first-order chi connectivity index (χ1) is 50.4. The molecule has 1 atom stereocenters. The maximum Gasteiger partial charge on any atom is 0.323 e. The molecule has 3 N–H and O–H groups in total. The lowest BCUT2D eigenvalue weighted by atomic mass is 10.2. The van der Waals surface area contributed by atoms with E-state index in [0.717, 1.165) is 88.2 Å². The van der Waals surface area contributed by atoms with Gasteiger partial charge in [0.25, 0.3) is 0 Å². The number of nitrogens with two attached hydrogens (primary N) is 1. The van der Waals surface area contributed by atoms with Crippen molar-refractivity contribution in [3.8, 4) is 0 Å². The molecule has 0 rings (SSSR count). The maximum absolute atomic E-state index is 13.2. The van der Waals surface area contributed by atoms with Crippen LogP contribution in [0, 0.1) is 0 Å². The number of hydrogen-bond acceptors (Lipinski definition) is 24. The lowest BCUT2D eigenvalue weighted by Crippen LogP contribution is -2.50. The van der Waals surface area contributed by atoms with Crippen LogP contribution in [-0.2, 0) is 106 Å². The Kier molecular flexibility index (Phi) is 42.8. The predicted molar refractivity (Wildman–Crippen MR) is 385 cm³/mol. The molecule has 0 saturated carbocycles. The number of likely N-dealkylation sites (N-methyl/N-ethyl adjacent to an activating group) is 20. The molecule has 0 aromatic heterocycles. The van der Waals surface area contributed by atoms with Gasteiger partial charge in [0, 0.05) is 147 Å². The molecule has 0 bridgehead atoms. The van der Waals surface area contributed by atoms with Gasteiger partial charge in [0.05, 0.1) is 130 Å². The van der Waals surface area contributed by atoms with Crippen LogP contribution < -0.4 is 5.90 Å². The van der Waals surface area contributed by atoms with Crippen LogP contribution in [0.25, 0.3) is 0 Å². The summed E-state index contributed by atoms with van der Waals surface area (Å²) in [4.78, 5) is 295. The molecule has 0 aromatic rings. The number of aldehydes is 1. The summed E-state index contributed by atoms with van der Waals surface area (Å²) in [6, 6.07) is -0.987. The van der Waals surface area contributed by atoms with E-state index in [1.807, 2.05) is 0 Å². The van der Waals surface area contributed by atoms with Crippen LogP contribution in [0.15, 0.2) is 0 Å². The molecule has 0 aliphatic heterocycles. The fourth-order valence-electron chi connectivity index (χ4n) is 8.96. The minimum atomic E-state index is -1.25. The van der Waals surface area contributed by atoms with Crippen molar-refractivity contribution in [3.63, 3.8) is 0 Å². The van der Waals surface area contributed by atoms with Gasteiger partial charge in [-0.25, -0.2) is 5.90 Å². The second kappa shape index (κ2) is 47.6. The summed E-state index contributed by atoms with van der Waals surface area (Å²) in [5, 5.41) is 8.88. The van der Waals surface area contributed by atoms with Crippen LogP contribution in [-0.4, -0.2) is 512 Å². The molecule has 19 amide bonds. The normalized spacial score (nSPS) is 10.9. The zero-order chi connectivity index (χ0) is 84.3. The van der Waals surface area contributed by atoms with E-state index in [2.05, 4.69) is 4.84 Å². The molecule has 109 heavy (non-hydrogen) atoms. The van der Waals surface area contributed by atoms with Gasteiger partial charge >= 0.3 is 5.97 Å². The largest absolute Gasteiger partial charge is 0.480 e. The molecule has 0 aliphatic carbocycles. The highest BCUT2D eigenvalue weighted by Gasteiger charge is 2.31. The number of hydrogen-bond donors (Lipinski definition) is 2. The summed E-state index contributed by atoms with van der Waals surface area (Å²) in [5.74, 6) is -8.62. The van der Waals surface area contributed by atoms with Crippen molar-refractivity contribution in [3.05, 3.63) is 0 Å². The van der Waals surface area contributed by atoms with Crippen molar-refractivity contribution < 1.29 is 111 Å². The van der Waals surface area contributed by atoms with Gasteiger partial charge < -0.3 is 108 Å². The van der Waals surface area contributed by atoms with E-state index >= 15 is 0 Å². The van der Waals surface area contributed by atoms with Gasteiger partial charge in [-0.2, -0.15) is 0 Å². The first kappa shape index (κ1) is 98.0. The van der Waals surface area contributed by atoms with Crippen LogP contribution in [0.1, 0.15) is 12.8 Å². The molecular formula is C65H111N21O23. The average molecular weight is 1550 g/mol. The van der Waals surface area contributed by atoms with Crippen LogP contribution >= 0.6 is 0 Å². The Morgan fingerprint density at radius 3 is 0.578 bits per heavy atom. The van der Waals surface area contributed by atoms with E-state index in [4.69, 9.17) is 11.0 Å². The van der Waals surface area contributed by atoms with Gasteiger partial charge in [-0.3, -0.25) is 101 Å². The van der Waals surface area contributed by atoms with Gasteiger partial charge in [-0.05, 0) is 13.5 Å². The van der Waals surface area contributed by atoms with E-state index in [1.54, 1.807) is 0 Å². The van der Waals surface area contributed by atoms with E-state index in [9.17, 15) is 101 Å². The highest BCUT2D eigenvalue weighted by Crippen LogP contribution is 2.07. The van der Waals surface area contributed by atoms with Crippen LogP contribution in [0.5, 0.6) is 0 Å². The molecule has 614 valence electrons. The molecular weight excluding hydrogens is 1440 g/mol. The van der Waals surface area contributed by atoms with Gasteiger partial charge in [-0.1, -0.05) is 0 Å². The summed E-state index contributed by atoms with van der Waals surface area (Å²) in [6.07, 6.45) is 0.969. The van der Waals surface area contributed by atoms with E-state index in [-0.39, 0.29) is 38.6 Å². The van der Waals surface area contributed by atoms with Gasteiger partial charge in [-0.15, -0.1) is 0 Å². The average Bonchev–Trinajstić information content (AvgIpc) is 0.888. The molecule has 44 nitrogen and oxygen atoms in total. The molecule has 0 aliphatic rings. The molecule has 0 spiro atoms. The Balaban J connectivity index is 5.06. The fraction of sp³-hybridized carbons (Fsp3) is 0.677. The third-order valence-corrected chi connectivity index (χ3v) is 17.0. The van der Waals surface area contributed by atoms with Crippen LogP contribution in [0.3, 0.4) is 0 Å². The topological polar surface area (TPSA) is 479 Å². The number of carboxylic acids is 1. The highest BCUT2D eigenvalue weighted by molar-refractivity contribution is 5.97. The van der Waals surface area contributed by atoms with Crippen LogP contribution in [0.4, 0.5) is 0 Å². The van der Waals surface area contributed by atoms with Crippen LogP contribution in [0.2, 0.25) is 0 Å². The maximum atomic E-state index is 13.2. The number of carboxylic acid groups (broad SMARTS) is 1. The summed E-state index contributed by atoms with van der Waals surface area (Å²) in [6.45, 7) is -9.34. The predicted octanol–water partition coefficient (Wildman–Crippen LogP) is -11.0. The first-order valence-corrected chi connectivity index (χ1v) is 33.7. The van der Waals surface area contributed by atoms with Crippen molar-refractivity contribution >= 4 is 124 Å². The monoisotopic (exact) mass is 1550 g/mol. The lowest BCUT2D eigenvalue weighted by Gasteiger charge is -2.30. The van der Waals surface area contributed by atoms with Gasteiger partial charge in [0.2, 0.25) is 112 Å². The van der Waals surface area contributed by atoms with Gasteiger partial charge in [0.15, 0.2) is 0 Å². The summed E-state index contributed by atoms with van der Waals surface area (Å²) in [5.41, 5.74) is 0. The number of nitrogens with zero attached hydrogens (tertiary/aromatic N) is 20. The Labute approximate surface area is 634 Å². The molecule has 0 saturated heterocycles. The smallest absolute Gasteiger partial charge is 0.323 e. The second-order valence-corrected chi connectivity index (χ2v) is 26.8. The SMILES string of the molecule is CN(CC(=O)N(C)CC(=O)N(C)CC(=O)N(C)CC(=O)N(C)CC(=O)N(C)CC(=O)N(C)CC(=O)N(C)CC(=O)N(C)CC(=O)N(C)CC(=O)N(C)CC(=O)N(C)CC(=O)N(C)CC(=O)N(C)CC(=O)N(C)CC(=O)N(C)CC(=O)N(C)CC(=O)N(C)CC(=O)O)CC(C=O)N(C)C(=O)CN(C)C(=O)CCCON. The Morgan fingerprint density at radius 1 is 0.257 bits per heavy atom. The number of carbonyl (C=O) groups excluding carboxylic acids is 20. The summed E-state index contributed by atoms with van der Waals surface area (Å²) in [7, 11) is 26.2. The highest BCUT2D eigenvalue weighted by atomic mass is 16.6. The zero-order valence-electron chi connectivity index (χ0n) is 66.4. The molecule has 0 aromatic carbocycles. The standard InChI is InChI=1S/C65H111N21O23/c1-67(24-45(44-87)86(20)64(106)42-68(2)46(88)22-21-23-109-66)25-47(89)69(3)26-48(90)70(4)27-49(91)71(5)28-50(92)72(6)29-51(93)73(7)30-52(94)74(8)31-53(95)75(9)32-54(96)76(10)33-55(97)77(11)34-56(98)78(12)35-57(99)79(13)36-58(100)80(14)37-59(101)81(15)38-60(102)82(16)39-61(103)83(17)40-62(104)84(18)41-63(105)85(19)43-65(107)108/h44-45H,21-43,66H2,1-20H3,(H,107,108). The second-order valence-electron chi connectivity index (χ2n) is 26.8. The summed E-state index contributed by atoms with van der Waals surface area (Å²) >= 11 is 0. The van der Waals surface area contributed by atoms with E-state index < -0.39 is 230 Å². The molecule has 0 heterocycles. The third-order valence-electron chi connectivity index (χ3n) is 17.0. The molecule has 0 radical (unpaired) electrons. The van der Waals surface area contributed by atoms with E-state index in [1.165, 1.54) is 151 Å².